The molecule has 0 radical (unpaired) electrons. The molecule has 0 N–H and O–H groups in total. The summed E-state index contributed by atoms with van der Waals surface area (Å²) in [4.78, 5) is 22.1. The van der Waals surface area contributed by atoms with Crippen LogP contribution in [0.5, 0.6) is 0 Å². The van der Waals surface area contributed by atoms with Crippen LogP contribution < -0.4 is 0 Å². The van der Waals surface area contributed by atoms with Crippen molar-refractivity contribution >= 4 is 22.2 Å². The predicted molar refractivity (Wildman–Crippen MR) is 101 cm³/mol. The molecule has 0 bridgehead atoms. The number of carbonyl (C=O) groups excluding carboxylic acids is 1. The Balaban J connectivity index is 2.15. The van der Waals surface area contributed by atoms with Gasteiger partial charge in [0.1, 0.15) is 5.76 Å². The van der Waals surface area contributed by atoms with Crippen LogP contribution in [0.2, 0.25) is 0 Å². The number of hydrogen-bond acceptors (Lipinski definition) is 4. The van der Waals surface area contributed by atoms with Crippen LogP contribution in [0.3, 0.4) is 0 Å². The lowest BCUT2D eigenvalue weighted by atomic mass is 9.80. The van der Waals surface area contributed by atoms with Gasteiger partial charge in [0.2, 0.25) is 6.54 Å². The summed E-state index contributed by atoms with van der Waals surface area (Å²) >= 11 is 3.46. The Labute approximate surface area is 158 Å². The van der Waals surface area contributed by atoms with Gasteiger partial charge in [-0.3, -0.25) is 14.9 Å². The van der Waals surface area contributed by atoms with E-state index >= 15 is 0 Å². The van der Waals surface area contributed by atoms with Crippen molar-refractivity contribution in [3.05, 3.63) is 104 Å². The minimum absolute atomic E-state index is 0.202. The maximum absolute atomic E-state index is 11.4. The molecule has 132 valence electrons. The van der Waals surface area contributed by atoms with Gasteiger partial charge in [-0.25, -0.2) is 0 Å². The maximum Gasteiger partial charge on any atom is 0.211 e. The third kappa shape index (κ3) is 4.08. The zero-order valence-corrected chi connectivity index (χ0v) is 15.3. The number of aldehydes is 1. The van der Waals surface area contributed by atoms with Crippen LogP contribution in [-0.4, -0.2) is 17.8 Å². The van der Waals surface area contributed by atoms with E-state index in [4.69, 9.17) is 4.42 Å². The Bertz CT molecular complexity index is 907. The van der Waals surface area contributed by atoms with Crippen molar-refractivity contribution in [2.24, 2.45) is 0 Å². The fourth-order valence-electron chi connectivity index (χ4n) is 3.16. The van der Waals surface area contributed by atoms with E-state index < -0.39 is 11.8 Å². The molecule has 0 spiro atoms. The Morgan fingerprint density at radius 3 is 2.38 bits per heavy atom. The zero-order valence-electron chi connectivity index (χ0n) is 13.7. The summed E-state index contributed by atoms with van der Waals surface area (Å²) in [6.45, 7) is -0.252. The number of benzene rings is 2. The summed E-state index contributed by atoms with van der Waals surface area (Å²) in [5.41, 5.74) is 1.72. The number of halogens is 1. The second-order valence-electron chi connectivity index (χ2n) is 5.92. The molecular weight excluding hydrogens is 398 g/mol. The van der Waals surface area contributed by atoms with Crippen molar-refractivity contribution < 1.29 is 14.1 Å². The molecule has 2 aromatic carbocycles. The van der Waals surface area contributed by atoms with Crippen LogP contribution in [0.1, 0.15) is 39.3 Å². The fourth-order valence-corrected chi connectivity index (χ4v) is 3.57. The highest BCUT2D eigenvalue weighted by Crippen LogP contribution is 2.40. The van der Waals surface area contributed by atoms with Crippen LogP contribution in [0, 0.1) is 10.1 Å². The van der Waals surface area contributed by atoms with Gasteiger partial charge < -0.3 is 4.42 Å². The number of hydrogen-bond donors (Lipinski definition) is 0. The van der Waals surface area contributed by atoms with Crippen molar-refractivity contribution in [1.29, 1.82) is 0 Å². The molecule has 0 fully saturated rings. The molecule has 6 heteroatoms. The van der Waals surface area contributed by atoms with Gasteiger partial charge >= 0.3 is 0 Å². The molecule has 0 aliphatic rings. The first-order valence-electron chi connectivity index (χ1n) is 8.05. The Hall–Kier alpha value is -2.73. The van der Waals surface area contributed by atoms with Crippen molar-refractivity contribution in [3.63, 3.8) is 0 Å². The molecule has 3 rings (SSSR count). The summed E-state index contributed by atoms with van der Waals surface area (Å²) in [5.74, 6) is -0.103. The van der Waals surface area contributed by atoms with Gasteiger partial charge in [-0.05, 0) is 35.4 Å². The summed E-state index contributed by atoms with van der Waals surface area (Å²) in [6, 6.07) is 20.3. The normalized spacial score (nSPS) is 13.1. The molecule has 1 aromatic heterocycles. The van der Waals surface area contributed by atoms with E-state index in [9.17, 15) is 14.9 Å². The highest BCUT2D eigenvalue weighted by atomic mass is 79.9. The standard InChI is InChI=1S/C20H16BrNO4/c21-16-8-4-7-15(11-16)20(19-10-9-17(13-23)26-19)18(12-22(24)25)14-5-2-1-3-6-14/h1-11,13,18,20H,12H2/t18-,20+/m0/s1. The van der Waals surface area contributed by atoms with Gasteiger partial charge in [0.15, 0.2) is 12.0 Å². The SMILES string of the molecule is O=Cc1ccc([C@H](c2cccc(Br)c2)[C@@H](C[N+](=O)[O-])c2ccccc2)o1. The number of rotatable bonds is 7. The van der Waals surface area contributed by atoms with Crippen LogP contribution in [0.25, 0.3) is 0 Å². The Morgan fingerprint density at radius 2 is 1.77 bits per heavy atom. The van der Waals surface area contributed by atoms with Crippen molar-refractivity contribution in [1.82, 2.24) is 0 Å². The van der Waals surface area contributed by atoms with E-state index in [1.165, 1.54) is 0 Å². The first kappa shape index (κ1) is 18.1. The maximum atomic E-state index is 11.4. The molecule has 0 aliphatic carbocycles. The quantitative estimate of drug-likeness (QED) is 0.308. The zero-order chi connectivity index (χ0) is 18.5. The fraction of sp³-hybridized carbons (Fsp3) is 0.150. The summed E-state index contributed by atoms with van der Waals surface area (Å²) < 4.78 is 6.54. The van der Waals surface area contributed by atoms with Crippen molar-refractivity contribution in [2.75, 3.05) is 6.54 Å². The molecule has 5 nitrogen and oxygen atoms in total. The summed E-state index contributed by atoms with van der Waals surface area (Å²) in [7, 11) is 0. The third-order valence-electron chi connectivity index (χ3n) is 4.25. The van der Waals surface area contributed by atoms with Crippen LogP contribution in [-0.2, 0) is 0 Å². The average molecular weight is 414 g/mol. The number of nitrogens with zero attached hydrogens (tertiary/aromatic N) is 1. The summed E-state index contributed by atoms with van der Waals surface area (Å²) in [6.07, 6.45) is 0.631. The van der Waals surface area contributed by atoms with Gasteiger partial charge in [0.05, 0.1) is 11.8 Å². The number of furan rings is 1. The summed E-state index contributed by atoms with van der Waals surface area (Å²) in [5, 5.41) is 11.4. The van der Waals surface area contributed by atoms with Crippen LogP contribution in [0.15, 0.2) is 75.6 Å². The average Bonchev–Trinajstić information content (AvgIpc) is 3.10. The lowest BCUT2D eigenvalue weighted by Crippen LogP contribution is -2.21. The minimum Gasteiger partial charge on any atom is -0.458 e. The monoisotopic (exact) mass is 413 g/mol. The Kier molecular flexibility index (Phi) is 5.63. The smallest absolute Gasteiger partial charge is 0.211 e. The molecule has 2 atom stereocenters. The molecule has 0 amide bonds. The highest BCUT2D eigenvalue weighted by molar-refractivity contribution is 9.10. The second kappa shape index (κ2) is 8.10. The molecule has 3 aromatic rings. The first-order chi connectivity index (χ1) is 12.6. The van der Waals surface area contributed by atoms with Gasteiger partial charge in [-0.15, -0.1) is 0 Å². The van der Waals surface area contributed by atoms with E-state index in [0.717, 1.165) is 15.6 Å². The van der Waals surface area contributed by atoms with Gasteiger partial charge in [-0.1, -0.05) is 58.4 Å². The van der Waals surface area contributed by atoms with Gasteiger partial charge in [-0.2, -0.15) is 0 Å². The molecule has 0 saturated carbocycles. The largest absolute Gasteiger partial charge is 0.458 e. The predicted octanol–water partition coefficient (Wildman–Crippen LogP) is 5.05. The van der Waals surface area contributed by atoms with E-state index in [2.05, 4.69) is 15.9 Å². The third-order valence-corrected chi connectivity index (χ3v) is 4.75. The lowest BCUT2D eigenvalue weighted by Gasteiger charge is -2.24. The highest BCUT2D eigenvalue weighted by Gasteiger charge is 2.33. The van der Waals surface area contributed by atoms with Crippen molar-refractivity contribution in [3.8, 4) is 0 Å². The first-order valence-corrected chi connectivity index (χ1v) is 8.85. The number of nitro groups is 1. The molecule has 26 heavy (non-hydrogen) atoms. The Morgan fingerprint density at radius 1 is 1.04 bits per heavy atom. The number of carbonyl (C=O) groups is 1. The van der Waals surface area contributed by atoms with E-state index in [1.54, 1.807) is 12.1 Å². The minimum atomic E-state index is -0.439. The van der Waals surface area contributed by atoms with Gasteiger partial charge in [0, 0.05) is 9.40 Å². The van der Waals surface area contributed by atoms with Crippen LogP contribution in [0.4, 0.5) is 0 Å². The molecular formula is C20H16BrNO4. The molecule has 0 saturated heterocycles. The van der Waals surface area contributed by atoms with Crippen LogP contribution >= 0.6 is 15.9 Å². The molecule has 0 unspecified atom stereocenters. The topological polar surface area (TPSA) is 73.3 Å². The van der Waals surface area contributed by atoms with E-state index in [1.807, 2.05) is 54.6 Å². The lowest BCUT2D eigenvalue weighted by molar-refractivity contribution is -0.483. The van der Waals surface area contributed by atoms with E-state index in [-0.39, 0.29) is 17.2 Å². The van der Waals surface area contributed by atoms with E-state index in [0.29, 0.717) is 12.0 Å². The molecule has 0 aliphatic heterocycles. The van der Waals surface area contributed by atoms with Gasteiger partial charge in [0.25, 0.3) is 0 Å². The van der Waals surface area contributed by atoms with Crippen molar-refractivity contribution in [2.45, 2.75) is 11.8 Å². The second-order valence-corrected chi connectivity index (χ2v) is 6.84. The molecule has 1 heterocycles.